The number of nitriles is 1. The van der Waals surface area contributed by atoms with Gasteiger partial charge in [0, 0.05) is 43.0 Å². The molecule has 0 aliphatic carbocycles. The first-order valence-corrected chi connectivity index (χ1v) is 9.34. The van der Waals surface area contributed by atoms with Crippen LogP contribution in [0.25, 0.3) is 11.1 Å². The van der Waals surface area contributed by atoms with Crippen LogP contribution < -0.4 is 5.73 Å². The van der Waals surface area contributed by atoms with Crippen LogP contribution in [0.5, 0.6) is 0 Å². The maximum absolute atomic E-state index is 12.9. The lowest BCUT2D eigenvalue weighted by atomic mass is 9.86. The maximum atomic E-state index is 12.9. The van der Waals surface area contributed by atoms with Crippen molar-refractivity contribution in [2.24, 2.45) is 0 Å². The van der Waals surface area contributed by atoms with Crippen molar-refractivity contribution in [2.75, 3.05) is 12.3 Å². The molecule has 2 aromatic heterocycles. The fraction of sp³-hybridized carbons (Fsp3) is 0.227. The number of anilines is 1. The second-order valence-corrected chi connectivity index (χ2v) is 7.12. The molecule has 0 saturated heterocycles. The van der Waals surface area contributed by atoms with E-state index in [1.165, 1.54) is 18.6 Å². The van der Waals surface area contributed by atoms with Gasteiger partial charge in [-0.05, 0) is 30.5 Å². The lowest BCUT2D eigenvalue weighted by molar-refractivity contribution is 0.0727. The number of carbonyl (C=O) groups excluding carboxylic acids is 1. The van der Waals surface area contributed by atoms with Gasteiger partial charge in [0.25, 0.3) is 5.91 Å². The molecule has 144 valence electrons. The molecule has 0 unspecified atom stereocenters. The van der Waals surface area contributed by atoms with Gasteiger partial charge >= 0.3 is 0 Å². The smallest absolute Gasteiger partial charge is 0.274 e. The van der Waals surface area contributed by atoms with Crippen molar-refractivity contribution in [2.45, 2.75) is 26.8 Å². The quantitative estimate of drug-likeness (QED) is 0.728. The van der Waals surface area contributed by atoms with Crippen LogP contribution in [0.2, 0.25) is 0 Å². The summed E-state index contributed by atoms with van der Waals surface area (Å²) in [5, 5.41) is 9.83. The molecule has 1 aromatic carbocycles. The van der Waals surface area contributed by atoms with Gasteiger partial charge in [-0.25, -0.2) is 9.97 Å². The molecule has 29 heavy (non-hydrogen) atoms. The third kappa shape index (κ3) is 3.19. The van der Waals surface area contributed by atoms with Crippen molar-refractivity contribution >= 4 is 11.7 Å². The lowest BCUT2D eigenvalue weighted by Crippen LogP contribution is -2.37. The van der Waals surface area contributed by atoms with E-state index in [-0.39, 0.29) is 11.7 Å². The van der Waals surface area contributed by atoms with E-state index in [2.05, 4.69) is 21.0 Å². The minimum absolute atomic E-state index is 0.188. The number of rotatable bonds is 2. The van der Waals surface area contributed by atoms with Gasteiger partial charge in [0.05, 0.1) is 11.9 Å². The lowest BCUT2D eigenvalue weighted by Gasteiger charge is -2.31. The van der Waals surface area contributed by atoms with Crippen LogP contribution in [0.1, 0.15) is 38.4 Å². The number of nitrogens with two attached hydrogens (primary N) is 1. The zero-order chi connectivity index (χ0) is 20.5. The predicted octanol–water partition coefficient (Wildman–Crippen LogP) is 2.81. The minimum Gasteiger partial charge on any atom is -0.383 e. The van der Waals surface area contributed by atoms with E-state index in [1.807, 2.05) is 32.0 Å². The van der Waals surface area contributed by atoms with Crippen LogP contribution in [0, 0.1) is 25.2 Å². The fourth-order valence-electron chi connectivity index (χ4n) is 3.92. The molecule has 0 saturated carbocycles. The molecule has 7 heteroatoms. The number of hydrogen-bond acceptors (Lipinski definition) is 6. The van der Waals surface area contributed by atoms with Gasteiger partial charge < -0.3 is 10.6 Å². The first-order chi connectivity index (χ1) is 14.0. The summed E-state index contributed by atoms with van der Waals surface area (Å²) in [6.45, 7) is 4.87. The maximum Gasteiger partial charge on any atom is 0.274 e. The Morgan fingerprint density at radius 3 is 2.62 bits per heavy atom. The van der Waals surface area contributed by atoms with Crippen LogP contribution in [0.4, 0.5) is 5.82 Å². The number of carbonyl (C=O) groups is 1. The summed E-state index contributed by atoms with van der Waals surface area (Å²) in [6.07, 6.45) is 5.07. The van der Waals surface area contributed by atoms with Crippen molar-refractivity contribution in [3.63, 3.8) is 0 Å². The number of nitrogen functional groups attached to an aromatic ring is 1. The number of nitrogens with zero attached hydrogens (tertiary/aromatic N) is 5. The normalized spacial score (nSPS) is 12.9. The van der Waals surface area contributed by atoms with Crippen LogP contribution in [0.3, 0.4) is 0 Å². The zero-order valence-electron chi connectivity index (χ0n) is 16.3. The van der Waals surface area contributed by atoms with Crippen molar-refractivity contribution in [1.82, 2.24) is 19.9 Å². The van der Waals surface area contributed by atoms with Crippen molar-refractivity contribution in [3.8, 4) is 17.2 Å². The molecule has 0 bridgehead atoms. The van der Waals surface area contributed by atoms with Gasteiger partial charge in [-0.1, -0.05) is 18.2 Å². The Balaban J connectivity index is 1.88. The standard InChI is InChI=1S/C22H20N6O/c1-13-4-3-5-14(2)19(13)20-15(10-23)21(24)27-17-6-9-28(12-16(17)20)22(29)18-11-25-7-8-26-18/h3-5,7-8,11H,6,9,12H2,1-2H3,(H2,24,27). The molecule has 7 nitrogen and oxygen atoms in total. The van der Waals surface area contributed by atoms with Crippen LogP contribution in [-0.4, -0.2) is 32.3 Å². The van der Waals surface area contributed by atoms with E-state index in [0.29, 0.717) is 30.8 Å². The highest BCUT2D eigenvalue weighted by Crippen LogP contribution is 2.38. The summed E-state index contributed by atoms with van der Waals surface area (Å²) >= 11 is 0. The molecule has 1 amide bonds. The average molecular weight is 384 g/mol. The largest absolute Gasteiger partial charge is 0.383 e. The number of fused-ring (bicyclic) bond motifs is 1. The van der Waals surface area contributed by atoms with Crippen LogP contribution in [0.15, 0.2) is 36.8 Å². The molecule has 1 aliphatic heterocycles. The monoisotopic (exact) mass is 384 g/mol. The SMILES string of the molecule is Cc1cccc(C)c1-c1c(C#N)c(N)nc2c1CN(C(=O)c1cnccn1)CC2. The molecule has 3 heterocycles. The third-order valence-electron chi connectivity index (χ3n) is 5.29. The van der Waals surface area contributed by atoms with Crippen molar-refractivity contribution in [3.05, 3.63) is 70.4 Å². The first-order valence-electron chi connectivity index (χ1n) is 9.34. The molecule has 2 N–H and O–H groups in total. The number of hydrogen-bond donors (Lipinski definition) is 1. The van der Waals surface area contributed by atoms with Crippen molar-refractivity contribution < 1.29 is 4.79 Å². The third-order valence-corrected chi connectivity index (χ3v) is 5.29. The topological polar surface area (TPSA) is 109 Å². The molecule has 0 fully saturated rings. The second kappa shape index (κ2) is 7.32. The van der Waals surface area contributed by atoms with Gasteiger partial charge in [-0.15, -0.1) is 0 Å². The van der Waals surface area contributed by atoms with E-state index < -0.39 is 0 Å². The van der Waals surface area contributed by atoms with Gasteiger partial charge in [-0.3, -0.25) is 9.78 Å². The summed E-state index contributed by atoms with van der Waals surface area (Å²) in [7, 11) is 0. The second-order valence-electron chi connectivity index (χ2n) is 7.12. The molecule has 1 aliphatic rings. The molecular formula is C22H20N6O. The number of pyridine rings is 1. The fourth-order valence-corrected chi connectivity index (χ4v) is 3.92. The highest BCUT2D eigenvalue weighted by atomic mass is 16.2. The summed E-state index contributed by atoms with van der Waals surface area (Å²) in [5.41, 5.74) is 12.4. The van der Waals surface area contributed by atoms with Gasteiger partial charge in [0.1, 0.15) is 23.1 Å². The number of amides is 1. The van der Waals surface area contributed by atoms with Gasteiger partial charge in [0.2, 0.25) is 0 Å². The van der Waals surface area contributed by atoms with Gasteiger partial charge in [-0.2, -0.15) is 5.26 Å². The Bertz CT molecular complexity index is 1130. The summed E-state index contributed by atoms with van der Waals surface area (Å²) in [6, 6.07) is 8.24. The summed E-state index contributed by atoms with van der Waals surface area (Å²) in [5.74, 6) is 0.0455. The highest BCUT2D eigenvalue weighted by Gasteiger charge is 2.29. The van der Waals surface area contributed by atoms with E-state index in [9.17, 15) is 10.1 Å². The predicted molar refractivity (Wildman–Crippen MR) is 109 cm³/mol. The van der Waals surface area contributed by atoms with E-state index in [1.54, 1.807) is 4.90 Å². The Morgan fingerprint density at radius 2 is 1.97 bits per heavy atom. The van der Waals surface area contributed by atoms with Crippen LogP contribution in [-0.2, 0) is 13.0 Å². The molecule has 3 aromatic rings. The number of benzene rings is 1. The van der Waals surface area contributed by atoms with E-state index in [4.69, 9.17) is 5.73 Å². The molecular weight excluding hydrogens is 364 g/mol. The zero-order valence-corrected chi connectivity index (χ0v) is 16.3. The summed E-state index contributed by atoms with van der Waals surface area (Å²) < 4.78 is 0. The van der Waals surface area contributed by atoms with Crippen molar-refractivity contribution in [1.29, 1.82) is 5.26 Å². The molecule has 0 spiro atoms. The highest BCUT2D eigenvalue weighted by molar-refractivity contribution is 5.92. The Kier molecular flexibility index (Phi) is 4.69. The average Bonchev–Trinajstić information content (AvgIpc) is 2.73. The summed E-state index contributed by atoms with van der Waals surface area (Å²) in [4.78, 5) is 27.3. The van der Waals surface area contributed by atoms with E-state index >= 15 is 0 Å². The number of aromatic nitrogens is 3. The van der Waals surface area contributed by atoms with Gasteiger partial charge in [0.15, 0.2) is 0 Å². The van der Waals surface area contributed by atoms with E-state index in [0.717, 1.165) is 33.5 Å². The molecule has 4 rings (SSSR count). The first kappa shape index (κ1) is 18.6. The Labute approximate surface area is 168 Å². The van der Waals surface area contributed by atoms with Crippen LogP contribution >= 0.6 is 0 Å². The Morgan fingerprint density at radius 1 is 1.21 bits per heavy atom. The molecule has 0 atom stereocenters. The minimum atomic E-state index is -0.188. The molecule has 0 radical (unpaired) electrons. The Hall–Kier alpha value is -3.79. The number of aryl methyl sites for hydroxylation is 2.